The van der Waals surface area contributed by atoms with Crippen LogP contribution in [-0.2, 0) is 0 Å². The Labute approximate surface area is 158 Å². The molecule has 0 atom stereocenters. The largest absolute Gasteiger partial charge is 0.370 e. The van der Waals surface area contributed by atoms with Crippen molar-refractivity contribution in [1.82, 2.24) is 9.36 Å². The third-order valence-corrected chi connectivity index (χ3v) is 4.81. The lowest BCUT2D eigenvalue weighted by atomic mass is 10.1. The molecule has 5 N–H and O–H groups in total. The first-order valence-corrected chi connectivity index (χ1v) is 8.74. The number of nitrogens with zero attached hydrogens (tertiary/aromatic N) is 2. The van der Waals surface area contributed by atoms with Crippen LogP contribution in [0.1, 0.15) is 5.56 Å². The lowest BCUT2D eigenvalue weighted by Crippen LogP contribution is -2.20. The smallest absolute Gasteiger partial charge is 0.209 e. The van der Waals surface area contributed by atoms with E-state index in [0.717, 1.165) is 28.3 Å². The molecule has 0 saturated carbocycles. The quantitative estimate of drug-likeness (QED) is 0.374. The van der Waals surface area contributed by atoms with Gasteiger partial charge in [0.15, 0.2) is 11.8 Å². The van der Waals surface area contributed by atoms with Gasteiger partial charge < -0.3 is 16.4 Å². The molecule has 0 radical (unpaired) electrons. The van der Waals surface area contributed by atoms with Crippen LogP contribution in [0.4, 0.5) is 16.5 Å². The number of hydrogen-bond donors (Lipinski definition) is 4. The predicted octanol–water partition coefficient (Wildman–Crippen LogP) is 4.87. The summed E-state index contributed by atoms with van der Waals surface area (Å²) in [7, 11) is 0. The van der Waals surface area contributed by atoms with Crippen molar-refractivity contribution in [3.63, 3.8) is 0 Å². The van der Waals surface area contributed by atoms with E-state index in [9.17, 15) is 0 Å². The first kappa shape index (κ1) is 17.5. The van der Waals surface area contributed by atoms with Gasteiger partial charge in [-0.2, -0.15) is 9.36 Å². The fourth-order valence-corrected chi connectivity index (χ4v) is 3.25. The van der Waals surface area contributed by atoms with Crippen molar-refractivity contribution in [2.24, 2.45) is 5.73 Å². The summed E-state index contributed by atoms with van der Waals surface area (Å²) in [5.74, 6) is 0.323. The highest BCUT2D eigenvalue weighted by Gasteiger charge is 2.14. The minimum absolute atomic E-state index is 0.188. The SMILES string of the molecule is Cc1ccc(Cl)c(Nc2ccccc2-c2nsc(NC(=N)N)n2)c1Cl. The van der Waals surface area contributed by atoms with Crippen LogP contribution in [0.5, 0.6) is 0 Å². The topological polar surface area (TPSA) is 99.7 Å². The molecular formula is C16H14Cl2N6S. The Morgan fingerprint density at radius 3 is 2.72 bits per heavy atom. The van der Waals surface area contributed by atoms with Crippen LogP contribution in [0, 0.1) is 12.3 Å². The highest BCUT2D eigenvalue weighted by molar-refractivity contribution is 7.10. The Balaban J connectivity index is 1.99. The van der Waals surface area contributed by atoms with Crippen molar-refractivity contribution in [1.29, 1.82) is 5.41 Å². The maximum absolute atomic E-state index is 7.27. The Morgan fingerprint density at radius 2 is 1.96 bits per heavy atom. The van der Waals surface area contributed by atoms with Gasteiger partial charge in [-0.3, -0.25) is 5.41 Å². The van der Waals surface area contributed by atoms with Crippen molar-refractivity contribution in [3.05, 3.63) is 52.0 Å². The van der Waals surface area contributed by atoms with Crippen LogP contribution in [0.25, 0.3) is 11.4 Å². The number of halogens is 2. The number of rotatable bonds is 4. The van der Waals surface area contributed by atoms with Crippen molar-refractivity contribution in [2.75, 3.05) is 10.6 Å². The molecule has 0 unspecified atom stereocenters. The van der Waals surface area contributed by atoms with Gasteiger partial charge in [-0.25, -0.2) is 0 Å². The van der Waals surface area contributed by atoms with Crippen molar-refractivity contribution in [3.8, 4) is 11.4 Å². The predicted molar refractivity (Wildman–Crippen MR) is 105 cm³/mol. The van der Waals surface area contributed by atoms with Gasteiger partial charge in [-0.05, 0) is 30.7 Å². The summed E-state index contributed by atoms with van der Waals surface area (Å²) >= 11 is 13.8. The highest BCUT2D eigenvalue weighted by atomic mass is 35.5. The molecule has 1 heterocycles. The summed E-state index contributed by atoms with van der Waals surface area (Å²) in [5.41, 5.74) is 8.42. The molecule has 0 saturated heterocycles. The second-order valence-corrected chi connectivity index (χ2v) is 6.72. The number of guanidine groups is 1. The standard InChI is InChI=1S/C16H14Cl2N6S/c1-8-6-7-10(17)13(12(8)18)21-11-5-3-2-4-9(11)14-22-16(25-24-14)23-15(19)20/h2-7,21H,1H3,(H4,19,20,22,23,24). The van der Waals surface area contributed by atoms with E-state index < -0.39 is 0 Å². The molecule has 0 amide bonds. The van der Waals surface area contributed by atoms with Crippen molar-refractivity contribution in [2.45, 2.75) is 6.92 Å². The zero-order chi connectivity index (χ0) is 18.0. The fourth-order valence-electron chi connectivity index (χ4n) is 2.19. The van der Waals surface area contributed by atoms with E-state index in [2.05, 4.69) is 20.0 Å². The normalized spacial score (nSPS) is 10.5. The fraction of sp³-hybridized carbons (Fsp3) is 0.0625. The van der Waals surface area contributed by atoms with E-state index in [1.54, 1.807) is 6.07 Å². The molecule has 6 nitrogen and oxygen atoms in total. The Hall–Kier alpha value is -2.35. The van der Waals surface area contributed by atoms with Crippen LogP contribution in [0.3, 0.4) is 0 Å². The Kier molecular flexibility index (Phi) is 5.08. The zero-order valence-corrected chi connectivity index (χ0v) is 15.4. The number of hydrogen-bond acceptors (Lipinski definition) is 5. The summed E-state index contributed by atoms with van der Waals surface area (Å²) in [6.45, 7) is 1.91. The van der Waals surface area contributed by atoms with Gasteiger partial charge in [-0.15, -0.1) is 0 Å². The maximum atomic E-state index is 7.27. The molecule has 2 aromatic carbocycles. The van der Waals surface area contributed by atoms with Gasteiger partial charge in [0, 0.05) is 22.8 Å². The summed E-state index contributed by atoms with van der Waals surface area (Å²) in [4.78, 5) is 4.35. The van der Waals surface area contributed by atoms with E-state index in [1.807, 2.05) is 37.3 Å². The first-order chi connectivity index (χ1) is 12.0. The zero-order valence-electron chi connectivity index (χ0n) is 13.1. The summed E-state index contributed by atoms with van der Waals surface area (Å²) in [6.07, 6.45) is 0. The van der Waals surface area contributed by atoms with E-state index >= 15 is 0 Å². The second-order valence-electron chi connectivity index (χ2n) is 5.19. The number of anilines is 3. The molecule has 3 rings (SSSR count). The third kappa shape index (κ3) is 3.84. The van der Waals surface area contributed by atoms with Gasteiger partial charge >= 0.3 is 0 Å². The summed E-state index contributed by atoms with van der Waals surface area (Å²) < 4.78 is 4.31. The third-order valence-electron chi connectivity index (χ3n) is 3.38. The van der Waals surface area contributed by atoms with Gasteiger partial charge in [0.25, 0.3) is 0 Å². The van der Waals surface area contributed by atoms with Crippen molar-refractivity contribution >= 4 is 57.2 Å². The summed E-state index contributed by atoms with van der Waals surface area (Å²) in [6, 6.07) is 11.2. The van der Waals surface area contributed by atoms with Gasteiger partial charge in [-0.1, -0.05) is 41.4 Å². The molecule has 0 aliphatic heterocycles. The Morgan fingerprint density at radius 1 is 1.20 bits per heavy atom. The van der Waals surface area contributed by atoms with Crippen LogP contribution in [-0.4, -0.2) is 15.3 Å². The Bertz CT molecular complexity index is 940. The lowest BCUT2D eigenvalue weighted by Gasteiger charge is -2.14. The van der Waals surface area contributed by atoms with Gasteiger partial charge in [0.1, 0.15) is 0 Å². The van der Waals surface area contributed by atoms with Crippen LogP contribution < -0.4 is 16.4 Å². The first-order valence-electron chi connectivity index (χ1n) is 7.21. The van der Waals surface area contributed by atoms with E-state index in [1.165, 1.54) is 0 Å². The number of aromatic nitrogens is 2. The molecule has 25 heavy (non-hydrogen) atoms. The average Bonchev–Trinajstić information content (AvgIpc) is 3.03. The minimum atomic E-state index is -0.188. The minimum Gasteiger partial charge on any atom is -0.370 e. The van der Waals surface area contributed by atoms with E-state index in [-0.39, 0.29) is 5.96 Å². The van der Waals surface area contributed by atoms with Crippen LogP contribution >= 0.6 is 34.7 Å². The van der Waals surface area contributed by atoms with Gasteiger partial charge in [0.05, 0.1) is 15.7 Å². The molecule has 0 bridgehead atoms. The number of benzene rings is 2. The molecular weight excluding hydrogens is 379 g/mol. The molecule has 128 valence electrons. The van der Waals surface area contributed by atoms with E-state index in [4.69, 9.17) is 34.3 Å². The van der Waals surface area contributed by atoms with E-state index in [0.29, 0.717) is 26.7 Å². The molecule has 0 aliphatic carbocycles. The van der Waals surface area contributed by atoms with Crippen molar-refractivity contribution < 1.29 is 0 Å². The maximum Gasteiger partial charge on any atom is 0.209 e. The number of nitrogens with one attached hydrogen (secondary N) is 3. The monoisotopic (exact) mass is 392 g/mol. The molecule has 1 aromatic heterocycles. The molecule has 0 spiro atoms. The lowest BCUT2D eigenvalue weighted by molar-refractivity contribution is 1.31. The highest BCUT2D eigenvalue weighted by Crippen LogP contribution is 2.37. The second kappa shape index (κ2) is 7.26. The molecule has 9 heteroatoms. The number of para-hydroxylation sites is 1. The molecule has 0 aliphatic rings. The summed E-state index contributed by atoms with van der Waals surface area (Å²) in [5, 5.41) is 14.7. The average molecular weight is 393 g/mol. The molecule has 0 fully saturated rings. The molecule has 3 aromatic rings. The number of nitrogens with two attached hydrogens (primary N) is 1. The van der Waals surface area contributed by atoms with Crippen LogP contribution in [0.2, 0.25) is 10.0 Å². The van der Waals surface area contributed by atoms with Crippen LogP contribution in [0.15, 0.2) is 36.4 Å². The number of aryl methyl sites for hydroxylation is 1. The van der Waals surface area contributed by atoms with Gasteiger partial charge in [0.2, 0.25) is 5.13 Å².